The molecular weight excluding hydrogens is 164 g/mol. The zero-order chi connectivity index (χ0) is 9.26. The fourth-order valence-corrected chi connectivity index (χ4v) is 1.38. The van der Waals surface area contributed by atoms with Crippen LogP contribution in [0.15, 0.2) is 30.0 Å². The largest absolute Gasteiger partial charge is 0.287 e. The van der Waals surface area contributed by atoms with Crippen LogP contribution in [0.1, 0.15) is 11.1 Å². The van der Waals surface area contributed by atoms with Crippen molar-refractivity contribution in [3.05, 3.63) is 41.1 Å². The molecule has 0 saturated heterocycles. The van der Waals surface area contributed by atoms with E-state index in [1.165, 1.54) is 0 Å². The quantitative estimate of drug-likeness (QED) is 0.648. The zero-order valence-corrected chi connectivity index (χ0v) is 6.94. The molecule has 2 rings (SSSR count). The van der Waals surface area contributed by atoms with Crippen molar-refractivity contribution in [2.24, 2.45) is 0 Å². The molecule has 1 aliphatic rings. The van der Waals surface area contributed by atoms with E-state index >= 15 is 0 Å². The number of hydroxylamine groups is 2. The summed E-state index contributed by atoms with van der Waals surface area (Å²) >= 11 is 0. The molecule has 0 amide bonds. The van der Waals surface area contributed by atoms with Gasteiger partial charge in [-0.05, 0) is 17.2 Å². The van der Waals surface area contributed by atoms with Gasteiger partial charge in [0.2, 0.25) is 0 Å². The van der Waals surface area contributed by atoms with E-state index in [2.05, 4.69) is 0 Å². The highest BCUT2D eigenvalue weighted by molar-refractivity contribution is 5.61. The minimum atomic E-state index is 0.290. The summed E-state index contributed by atoms with van der Waals surface area (Å²) in [7, 11) is 0. The highest BCUT2D eigenvalue weighted by Gasteiger charge is 2.14. The van der Waals surface area contributed by atoms with Crippen LogP contribution < -0.4 is 0 Å². The fraction of sp³-hybridized carbons (Fsp3) is 0.100. The van der Waals surface area contributed by atoms with Gasteiger partial charge >= 0.3 is 0 Å². The molecule has 0 aliphatic carbocycles. The molecule has 0 bridgehead atoms. The van der Waals surface area contributed by atoms with E-state index in [0.29, 0.717) is 12.2 Å². The monoisotopic (exact) mass is 172 g/mol. The van der Waals surface area contributed by atoms with Gasteiger partial charge in [0, 0.05) is 0 Å². The highest BCUT2D eigenvalue weighted by atomic mass is 16.5. The Hall–Kier alpha value is -1.79. The number of rotatable bonds is 0. The molecule has 0 atom stereocenters. The van der Waals surface area contributed by atoms with E-state index in [-0.39, 0.29) is 0 Å². The molecule has 0 saturated carbocycles. The van der Waals surface area contributed by atoms with Gasteiger partial charge in [0.05, 0.1) is 6.54 Å². The summed E-state index contributed by atoms with van der Waals surface area (Å²) in [5.41, 5.74) is 2.33. The smallest absolute Gasteiger partial charge is 0.141 e. The molecule has 1 heterocycles. The summed E-state index contributed by atoms with van der Waals surface area (Å²) in [5, 5.41) is 19.0. The molecule has 64 valence electrons. The average molecular weight is 172 g/mol. The molecule has 1 N–H and O–H groups in total. The molecule has 0 spiro atoms. The number of nitriles is 1. The topological polar surface area (TPSA) is 47.3 Å². The van der Waals surface area contributed by atoms with Crippen LogP contribution in [-0.4, -0.2) is 10.3 Å². The highest BCUT2D eigenvalue weighted by Crippen LogP contribution is 2.21. The van der Waals surface area contributed by atoms with Crippen molar-refractivity contribution in [1.29, 1.82) is 5.26 Å². The first-order chi connectivity index (χ1) is 6.31. The number of fused-ring (bicyclic) bond motifs is 1. The van der Waals surface area contributed by atoms with Crippen LogP contribution in [0.4, 0.5) is 0 Å². The van der Waals surface area contributed by atoms with Crippen molar-refractivity contribution in [2.75, 3.05) is 0 Å². The second kappa shape index (κ2) is 2.92. The van der Waals surface area contributed by atoms with Crippen molar-refractivity contribution in [2.45, 2.75) is 6.54 Å². The predicted octanol–water partition coefficient (Wildman–Crippen LogP) is 1.76. The summed E-state index contributed by atoms with van der Waals surface area (Å²) in [5.74, 6) is 0. The zero-order valence-electron chi connectivity index (χ0n) is 6.94. The minimum absolute atomic E-state index is 0.290. The van der Waals surface area contributed by atoms with E-state index in [4.69, 9.17) is 5.26 Å². The van der Waals surface area contributed by atoms with E-state index in [1.54, 1.807) is 6.08 Å². The molecule has 3 heteroatoms. The first-order valence-electron chi connectivity index (χ1n) is 3.97. The van der Waals surface area contributed by atoms with Crippen LogP contribution in [-0.2, 0) is 6.54 Å². The minimum Gasteiger partial charge on any atom is -0.287 e. The van der Waals surface area contributed by atoms with E-state index < -0.39 is 0 Å². The van der Waals surface area contributed by atoms with Gasteiger partial charge in [-0.3, -0.25) is 5.21 Å². The Morgan fingerprint density at radius 1 is 1.38 bits per heavy atom. The Labute approximate surface area is 76.1 Å². The summed E-state index contributed by atoms with van der Waals surface area (Å²) in [6.45, 7) is 0.384. The summed E-state index contributed by atoms with van der Waals surface area (Å²) in [6.07, 6.45) is 1.68. The van der Waals surface area contributed by atoms with Crippen LogP contribution >= 0.6 is 0 Å². The molecule has 0 unspecified atom stereocenters. The molecule has 1 aromatic rings. The average Bonchev–Trinajstić information content (AvgIpc) is 2.17. The molecule has 0 radical (unpaired) electrons. The normalized spacial score (nSPS) is 14.5. The molecule has 0 fully saturated rings. The SMILES string of the molecule is N#CC1=Cc2ccccc2CN1O. The van der Waals surface area contributed by atoms with Gasteiger partial charge in [-0.2, -0.15) is 5.26 Å². The Balaban J connectivity index is 2.51. The Kier molecular flexibility index (Phi) is 1.76. The Bertz CT molecular complexity index is 404. The van der Waals surface area contributed by atoms with E-state index in [0.717, 1.165) is 16.2 Å². The molecular formula is C10H8N2O. The first-order valence-corrected chi connectivity index (χ1v) is 3.97. The lowest BCUT2D eigenvalue weighted by atomic mass is 10.0. The third kappa shape index (κ3) is 1.28. The number of hydrogen-bond acceptors (Lipinski definition) is 3. The van der Waals surface area contributed by atoms with Gasteiger partial charge in [0.15, 0.2) is 0 Å². The van der Waals surface area contributed by atoms with E-state index in [1.807, 2.05) is 30.3 Å². The van der Waals surface area contributed by atoms with Gasteiger partial charge in [0.1, 0.15) is 11.8 Å². The predicted molar refractivity (Wildman–Crippen MR) is 47.4 cm³/mol. The van der Waals surface area contributed by atoms with Gasteiger partial charge in [-0.15, -0.1) is 0 Å². The number of allylic oxidation sites excluding steroid dienone is 1. The maximum Gasteiger partial charge on any atom is 0.141 e. The lowest BCUT2D eigenvalue weighted by Crippen LogP contribution is -2.20. The standard InChI is InChI=1S/C10H8N2O/c11-6-10-5-8-3-1-2-4-9(8)7-12(10)13/h1-5,13H,7H2. The lowest BCUT2D eigenvalue weighted by molar-refractivity contribution is -0.0588. The Morgan fingerprint density at radius 2 is 2.15 bits per heavy atom. The van der Waals surface area contributed by atoms with Crippen molar-refractivity contribution >= 4 is 6.08 Å². The van der Waals surface area contributed by atoms with Crippen LogP contribution in [0.3, 0.4) is 0 Å². The van der Waals surface area contributed by atoms with Crippen LogP contribution in [0.25, 0.3) is 6.08 Å². The second-order valence-electron chi connectivity index (χ2n) is 2.90. The van der Waals surface area contributed by atoms with Crippen molar-refractivity contribution < 1.29 is 5.21 Å². The maximum atomic E-state index is 9.36. The molecule has 3 nitrogen and oxygen atoms in total. The van der Waals surface area contributed by atoms with Crippen LogP contribution in [0.2, 0.25) is 0 Å². The van der Waals surface area contributed by atoms with Gasteiger partial charge < -0.3 is 0 Å². The lowest BCUT2D eigenvalue weighted by Gasteiger charge is -2.21. The fourth-order valence-electron chi connectivity index (χ4n) is 1.38. The molecule has 1 aromatic carbocycles. The van der Waals surface area contributed by atoms with Crippen LogP contribution in [0, 0.1) is 11.3 Å². The second-order valence-corrected chi connectivity index (χ2v) is 2.90. The number of nitrogens with zero attached hydrogens (tertiary/aromatic N) is 2. The van der Waals surface area contributed by atoms with Gasteiger partial charge in [-0.1, -0.05) is 24.3 Å². The molecule has 13 heavy (non-hydrogen) atoms. The van der Waals surface area contributed by atoms with Gasteiger partial charge in [0.25, 0.3) is 0 Å². The van der Waals surface area contributed by atoms with E-state index in [9.17, 15) is 5.21 Å². The van der Waals surface area contributed by atoms with Crippen molar-refractivity contribution in [1.82, 2.24) is 5.06 Å². The number of benzene rings is 1. The van der Waals surface area contributed by atoms with Crippen LogP contribution in [0.5, 0.6) is 0 Å². The molecule has 0 aromatic heterocycles. The number of hydrogen-bond donors (Lipinski definition) is 1. The summed E-state index contributed by atoms with van der Waals surface area (Å²) < 4.78 is 0. The molecule has 1 aliphatic heterocycles. The van der Waals surface area contributed by atoms with Crippen molar-refractivity contribution in [3.8, 4) is 6.07 Å². The maximum absolute atomic E-state index is 9.36. The van der Waals surface area contributed by atoms with Gasteiger partial charge in [-0.25, -0.2) is 5.06 Å². The van der Waals surface area contributed by atoms with Crippen molar-refractivity contribution in [3.63, 3.8) is 0 Å². The third-order valence-electron chi connectivity index (χ3n) is 2.06. The first kappa shape index (κ1) is 7.84. The third-order valence-corrected chi connectivity index (χ3v) is 2.06. The Morgan fingerprint density at radius 3 is 2.92 bits per heavy atom. The summed E-state index contributed by atoms with van der Waals surface area (Å²) in [4.78, 5) is 0. The summed E-state index contributed by atoms with van der Waals surface area (Å²) in [6, 6.07) is 9.62.